The zero-order valence-corrected chi connectivity index (χ0v) is 13.4. The first-order chi connectivity index (χ1) is 9.52. The first-order valence-electron chi connectivity index (χ1n) is 8.24. The van der Waals surface area contributed by atoms with Gasteiger partial charge in [0.25, 0.3) is 0 Å². The molecule has 0 spiro atoms. The molecule has 3 aliphatic rings. The molecule has 0 aliphatic carbocycles. The fourth-order valence-electron chi connectivity index (χ4n) is 4.87. The van der Waals surface area contributed by atoms with E-state index < -0.39 is 0 Å². The van der Waals surface area contributed by atoms with Crippen LogP contribution >= 0.6 is 0 Å². The Morgan fingerprint density at radius 3 is 2.45 bits per heavy atom. The van der Waals surface area contributed by atoms with Gasteiger partial charge in [0, 0.05) is 37.8 Å². The van der Waals surface area contributed by atoms with Crippen LogP contribution in [-0.4, -0.2) is 66.8 Å². The Morgan fingerprint density at radius 2 is 1.90 bits per heavy atom. The molecule has 0 aromatic rings. The van der Waals surface area contributed by atoms with Crippen molar-refractivity contribution >= 4 is 0 Å². The lowest BCUT2D eigenvalue weighted by Crippen LogP contribution is -2.65. The van der Waals surface area contributed by atoms with E-state index in [9.17, 15) is 0 Å². The Morgan fingerprint density at radius 1 is 1.25 bits per heavy atom. The van der Waals surface area contributed by atoms with Crippen molar-refractivity contribution in [3.63, 3.8) is 0 Å². The summed E-state index contributed by atoms with van der Waals surface area (Å²) >= 11 is 0. The van der Waals surface area contributed by atoms with E-state index in [1.807, 2.05) is 7.11 Å². The van der Waals surface area contributed by atoms with Crippen LogP contribution in [0.3, 0.4) is 0 Å². The van der Waals surface area contributed by atoms with E-state index >= 15 is 0 Å². The van der Waals surface area contributed by atoms with Crippen molar-refractivity contribution in [3.8, 4) is 0 Å². The molecule has 2 N–H and O–H groups in total. The van der Waals surface area contributed by atoms with E-state index in [2.05, 4.69) is 23.8 Å². The van der Waals surface area contributed by atoms with Crippen LogP contribution in [0.1, 0.15) is 45.4 Å². The first-order valence-corrected chi connectivity index (χ1v) is 8.24. The van der Waals surface area contributed by atoms with E-state index in [-0.39, 0.29) is 11.1 Å². The van der Waals surface area contributed by atoms with Crippen molar-refractivity contribution < 1.29 is 4.74 Å². The second-order valence-electron chi connectivity index (χ2n) is 7.57. The third-order valence-corrected chi connectivity index (χ3v) is 6.42. The third kappa shape index (κ3) is 2.31. The Kier molecular flexibility index (Phi) is 3.87. The van der Waals surface area contributed by atoms with Crippen LogP contribution in [0.5, 0.6) is 0 Å². The highest BCUT2D eigenvalue weighted by Crippen LogP contribution is 2.44. The summed E-state index contributed by atoms with van der Waals surface area (Å²) in [7, 11) is 4.16. The van der Waals surface area contributed by atoms with Crippen LogP contribution in [0.2, 0.25) is 0 Å². The fraction of sp³-hybridized carbons (Fsp3) is 1.00. The van der Waals surface area contributed by atoms with E-state index in [1.165, 1.54) is 45.1 Å². The largest absolute Gasteiger partial charge is 0.377 e. The lowest BCUT2D eigenvalue weighted by molar-refractivity contribution is -0.0974. The summed E-state index contributed by atoms with van der Waals surface area (Å²) in [6.45, 7) is 5.30. The Balaban J connectivity index is 1.79. The number of rotatable bonds is 3. The van der Waals surface area contributed by atoms with Crippen LogP contribution in [-0.2, 0) is 4.74 Å². The second kappa shape index (κ2) is 5.24. The van der Waals surface area contributed by atoms with Gasteiger partial charge in [0.1, 0.15) is 0 Å². The first kappa shape index (κ1) is 14.8. The molecule has 4 heteroatoms. The second-order valence-corrected chi connectivity index (χ2v) is 7.57. The van der Waals surface area contributed by atoms with Gasteiger partial charge in [0.05, 0.1) is 5.60 Å². The number of nitrogens with zero attached hydrogens (tertiary/aromatic N) is 2. The third-order valence-electron chi connectivity index (χ3n) is 6.42. The Hall–Kier alpha value is -0.160. The Labute approximate surface area is 123 Å². The minimum Gasteiger partial charge on any atom is -0.377 e. The summed E-state index contributed by atoms with van der Waals surface area (Å²) < 4.78 is 5.79. The highest BCUT2D eigenvalue weighted by Gasteiger charge is 2.50. The minimum absolute atomic E-state index is 0.0167. The maximum atomic E-state index is 6.30. The molecule has 2 bridgehead atoms. The molecule has 3 aliphatic heterocycles. The number of piperidine rings is 2. The molecule has 3 fully saturated rings. The van der Waals surface area contributed by atoms with E-state index in [4.69, 9.17) is 10.5 Å². The lowest BCUT2D eigenvalue weighted by Gasteiger charge is -2.54. The number of hydrogen-bond donors (Lipinski definition) is 1. The summed E-state index contributed by atoms with van der Waals surface area (Å²) in [5.74, 6) is 0. The summed E-state index contributed by atoms with van der Waals surface area (Å²) in [6.07, 6.45) is 7.62. The molecule has 0 radical (unpaired) electrons. The van der Waals surface area contributed by atoms with Crippen molar-refractivity contribution in [1.29, 1.82) is 0 Å². The van der Waals surface area contributed by atoms with E-state index in [1.54, 1.807) is 0 Å². The number of ether oxygens (including phenoxy) is 1. The van der Waals surface area contributed by atoms with Crippen LogP contribution in [0.25, 0.3) is 0 Å². The maximum absolute atomic E-state index is 6.30. The van der Waals surface area contributed by atoms with Gasteiger partial charge in [-0.25, -0.2) is 0 Å². The topological polar surface area (TPSA) is 41.7 Å². The zero-order chi connectivity index (χ0) is 14.4. The van der Waals surface area contributed by atoms with Gasteiger partial charge in [-0.3, -0.25) is 4.90 Å². The van der Waals surface area contributed by atoms with Gasteiger partial charge < -0.3 is 15.4 Å². The molecule has 0 aromatic carbocycles. The predicted octanol–water partition coefficient (Wildman–Crippen LogP) is 1.44. The van der Waals surface area contributed by atoms with Crippen LogP contribution < -0.4 is 5.73 Å². The van der Waals surface area contributed by atoms with Crippen molar-refractivity contribution in [1.82, 2.24) is 9.80 Å². The molecule has 3 heterocycles. The average Bonchev–Trinajstić information content (AvgIpc) is 2.69. The SMILES string of the molecule is COC1(C)CCCN(C2(CN)CC3CCC(C2)N3C)C1. The van der Waals surface area contributed by atoms with Crippen molar-refractivity contribution in [2.24, 2.45) is 5.73 Å². The maximum Gasteiger partial charge on any atom is 0.0777 e. The molecule has 20 heavy (non-hydrogen) atoms. The van der Waals surface area contributed by atoms with Gasteiger partial charge in [-0.2, -0.15) is 0 Å². The Bertz CT molecular complexity index is 348. The van der Waals surface area contributed by atoms with Crippen LogP contribution in [0, 0.1) is 0 Å². The van der Waals surface area contributed by atoms with Crippen LogP contribution in [0.4, 0.5) is 0 Å². The van der Waals surface area contributed by atoms with Crippen molar-refractivity contribution in [2.75, 3.05) is 33.8 Å². The number of likely N-dealkylation sites (tertiary alicyclic amines) is 1. The fourth-order valence-corrected chi connectivity index (χ4v) is 4.87. The number of nitrogens with two attached hydrogens (primary N) is 1. The van der Waals surface area contributed by atoms with Gasteiger partial charge in [-0.15, -0.1) is 0 Å². The van der Waals surface area contributed by atoms with Gasteiger partial charge >= 0.3 is 0 Å². The summed E-state index contributed by atoms with van der Waals surface area (Å²) in [4.78, 5) is 5.28. The predicted molar refractivity (Wildman–Crippen MR) is 81.8 cm³/mol. The van der Waals surface area contributed by atoms with Crippen molar-refractivity contribution in [3.05, 3.63) is 0 Å². The molecule has 3 atom stereocenters. The van der Waals surface area contributed by atoms with Gasteiger partial charge in [-0.05, 0) is 59.0 Å². The molecule has 0 aromatic heterocycles. The van der Waals surface area contributed by atoms with Crippen LogP contribution in [0.15, 0.2) is 0 Å². The molecule has 3 rings (SSSR count). The highest BCUT2D eigenvalue weighted by molar-refractivity contribution is 5.08. The summed E-state index contributed by atoms with van der Waals surface area (Å²) in [5.41, 5.74) is 6.53. The molecular weight excluding hydrogens is 250 g/mol. The molecule has 3 saturated heterocycles. The molecule has 116 valence electrons. The molecular formula is C16H31N3O. The highest BCUT2D eigenvalue weighted by atomic mass is 16.5. The monoisotopic (exact) mass is 281 g/mol. The normalized spacial score (nSPS) is 46.8. The molecule has 3 unspecified atom stereocenters. The zero-order valence-electron chi connectivity index (χ0n) is 13.4. The summed E-state index contributed by atoms with van der Waals surface area (Å²) in [6, 6.07) is 1.49. The van der Waals surface area contributed by atoms with Gasteiger partial charge in [0.2, 0.25) is 0 Å². The van der Waals surface area contributed by atoms with Gasteiger partial charge in [0.15, 0.2) is 0 Å². The smallest absolute Gasteiger partial charge is 0.0777 e. The lowest BCUT2D eigenvalue weighted by atomic mass is 9.79. The number of fused-ring (bicyclic) bond motifs is 2. The van der Waals surface area contributed by atoms with E-state index in [0.29, 0.717) is 0 Å². The number of methoxy groups -OCH3 is 1. The number of hydrogen-bond acceptors (Lipinski definition) is 4. The van der Waals surface area contributed by atoms with Crippen molar-refractivity contribution in [2.45, 2.75) is 68.7 Å². The molecule has 0 saturated carbocycles. The summed E-state index contributed by atoms with van der Waals surface area (Å²) in [5, 5.41) is 0. The minimum atomic E-state index is 0.0167. The molecule has 4 nitrogen and oxygen atoms in total. The van der Waals surface area contributed by atoms with E-state index in [0.717, 1.165) is 25.2 Å². The molecule has 0 amide bonds. The average molecular weight is 281 g/mol. The van der Waals surface area contributed by atoms with Gasteiger partial charge in [-0.1, -0.05) is 0 Å². The standard InChI is InChI=1S/C16H31N3O/c1-15(20-3)7-4-8-19(12-15)16(11-17)9-13-5-6-14(10-16)18(13)2/h13-14H,4-12,17H2,1-3H3. The quantitative estimate of drug-likeness (QED) is 0.850.